The first kappa shape index (κ1) is 21.0. The highest BCUT2D eigenvalue weighted by Gasteiger charge is 2.26. The highest BCUT2D eigenvalue weighted by atomic mass is 35.5. The molecule has 0 saturated heterocycles. The van der Waals surface area contributed by atoms with Crippen LogP contribution in [0.25, 0.3) is 10.9 Å². The summed E-state index contributed by atoms with van der Waals surface area (Å²) in [5, 5.41) is 3.97. The van der Waals surface area contributed by atoms with Gasteiger partial charge in [0.2, 0.25) is 5.78 Å². The van der Waals surface area contributed by atoms with Crippen molar-refractivity contribution in [1.82, 2.24) is 14.2 Å². The number of aromatic nitrogens is 3. The van der Waals surface area contributed by atoms with Crippen LogP contribution in [0.1, 0.15) is 27.2 Å². The average Bonchev–Trinajstić information content (AvgIpc) is 3.18. The number of aryl methyl sites for hydroxylation is 2. The maximum absolute atomic E-state index is 14.7. The Balaban J connectivity index is 1.92. The Morgan fingerprint density at radius 1 is 1.13 bits per heavy atom. The standard InChI is InChI=1S/C21H16ClFN4O3S/c1-11-3-5-13(6-4-11)31(29,30)27-20-15(10-25-27)14(7-8-16(20)23)21(28)19-18(24)12(2)9-17(22)26-19/h3-10H,24H2,1-2H3. The highest BCUT2D eigenvalue weighted by molar-refractivity contribution is 7.90. The molecule has 2 aromatic carbocycles. The molecule has 0 unspecified atom stereocenters. The maximum Gasteiger partial charge on any atom is 0.283 e. The van der Waals surface area contributed by atoms with E-state index in [2.05, 4.69) is 10.1 Å². The first-order valence-electron chi connectivity index (χ1n) is 9.07. The number of pyridine rings is 1. The largest absolute Gasteiger partial charge is 0.397 e. The molecule has 0 aliphatic heterocycles. The van der Waals surface area contributed by atoms with Crippen LogP contribution in [0.4, 0.5) is 10.1 Å². The van der Waals surface area contributed by atoms with Crippen LogP contribution in [0.3, 0.4) is 0 Å². The van der Waals surface area contributed by atoms with Crippen molar-refractivity contribution in [3.8, 4) is 0 Å². The van der Waals surface area contributed by atoms with E-state index < -0.39 is 21.6 Å². The van der Waals surface area contributed by atoms with Crippen molar-refractivity contribution in [2.24, 2.45) is 0 Å². The minimum atomic E-state index is -4.20. The van der Waals surface area contributed by atoms with E-state index in [0.717, 1.165) is 17.8 Å². The molecule has 0 fully saturated rings. The Bertz CT molecular complexity index is 1460. The lowest BCUT2D eigenvalue weighted by molar-refractivity contribution is 0.103. The summed E-state index contributed by atoms with van der Waals surface area (Å²) >= 11 is 5.97. The van der Waals surface area contributed by atoms with Gasteiger partial charge < -0.3 is 5.73 Å². The summed E-state index contributed by atoms with van der Waals surface area (Å²) in [5.74, 6) is -1.47. The summed E-state index contributed by atoms with van der Waals surface area (Å²) in [4.78, 5) is 17.1. The van der Waals surface area contributed by atoms with Crippen LogP contribution in [0.5, 0.6) is 0 Å². The fraction of sp³-hybridized carbons (Fsp3) is 0.0952. The third kappa shape index (κ3) is 3.45. The number of fused-ring (bicyclic) bond motifs is 1. The van der Waals surface area contributed by atoms with Gasteiger partial charge in [0.25, 0.3) is 10.0 Å². The molecule has 0 atom stereocenters. The van der Waals surface area contributed by atoms with Gasteiger partial charge in [0.15, 0.2) is 0 Å². The second-order valence-corrected chi connectivity index (χ2v) is 9.17. The summed E-state index contributed by atoms with van der Waals surface area (Å²) in [7, 11) is -4.20. The van der Waals surface area contributed by atoms with Gasteiger partial charge in [0, 0.05) is 10.9 Å². The Morgan fingerprint density at radius 3 is 2.48 bits per heavy atom. The minimum Gasteiger partial charge on any atom is -0.397 e. The zero-order valence-electron chi connectivity index (χ0n) is 16.4. The lowest BCUT2D eigenvalue weighted by Gasteiger charge is -2.10. The average molecular weight is 459 g/mol. The van der Waals surface area contributed by atoms with Crippen LogP contribution in [0.2, 0.25) is 5.15 Å². The molecular weight excluding hydrogens is 443 g/mol. The quantitative estimate of drug-likeness (QED) is 0.367. The number of anilines is 1. The smallest absolute Gasteiger partial charge is 0.283 e. The Hall–Kier alpha value is -3.30. The van der Waals surface area contributed by atoms with Crippen molar-refractivity contribution in [2.45, 2.75) is 18.7 Å². The second kappa shape index (κ2) is 7.44. The Morgan fingerprint density at radius 2 is 1.81 bits per heavy atom. The molecule has 4 aromatic rings. The van der Waals surface area contributed by atoms with Gasteiger partial charge in [0.1, 0.15) is 22.2 Å². The number of carbonyl (C=O) groups excluding carboxylic acids is 1. The zero-order chi connectivity index (χ0) is 22.5. The van der Waals surface area contributed by atoms with Crippen LogP contribution < -0.4 is 5.73 Å². The summed E-state index contributed by atoms with van der Waals surface area (Å²) in [5.41, 5.74) is 7.10. The van der Waals surface area contributed by atoms with Gasteiger partial charge >= 0.3 is 0 Å². The number of halogens is 2. The van der Waals surface area contributed by atoms with E-state index in [1.54, 1.807) is 19.1 Å². The molecule has 0 spiro atoms. The normalized spacial score (nSPS) is 11.7. The molecule has 7 nitrogen and oxygen atoms in total. The molecule has 158 valence electrons. The van der Waals surface area contributed by atoms with Crippen molar-refractivity contribution in [1.29, 1.82) is 0 Å². The van der Waals surface area contributed by atoms with Gasteiger partial charge in [-0.2, -0.15) is 17.6 Å². The molecule has 0 saturated carbocycles. The molecule has 0 amide bonds. The SMILES string of the molecule is Cc1ccc(S(=O)(=O)n2ncc3c(C(=O)c4nc(Cl)cc(C)c4N)ccc(F)c32)cc1. The van der Waals surface area contributed by atoms with E-state index in [4.69, 9.17) is 17.3 Å². The van der Waals surface area contributed by atoms with Crippen LogP contribution in [0.15, 0.2) is 53.6 Å². The van der Waals surface area contributed by atoms with Gasteiger partial charge in [0.05, 0.1) is 16.8 Å². The third-order valence-electron chi connectivity index (χ3n) is 4.89. The van der Waals surface area contributed by atoms with Crippen LogP contribution in [0, 0.1) is 19.7 Å². The van der Waals surface area contributed by atoms with E-state index in [1.807, 2.05) is 6.92 Å². The molecule has 31 heavy (non-hydrogen) atoms. The lowest BCUT2D eigenvalue weighted by Crippen LogP contribution is -2.15. The van der Waals surface area contributed by atoms with E-state index >= 15 is 0 Å². The number of carbonyl (C=O) groups is 1. The van der Waals surface area contributed by atoms with Gasteiger partial charge in [-0.05, 0) is 49.7 Å². The number of hydrogen-bond acceptors (Lipinski definition) is 6. The van der Waals surface area contributed by atoms with Gasteiger partial charge in [-0.15, -0.1) is 0 Å². The van der Waals surface area contributed by atoms with E-state index in [9.17, 15) is 17.6 Å². The molecule has 4 rings (SSSR count). The van der Waals surface area contributed by atoms with E-state index in [0.29, 0.717) is 9.65 Å². The molecule has 2 N–H and O–H groups in total. The van der Waals surface area contributed by atoms with Crippen molar-refractivity contribution in [3.63, 3.8) is 0 Å². The summed E-state index contributed by atoms with van der Waals surface area (Å²) in [6.45, 7) is 3.49. The molecule has 0 aliphatic carbocycles. The van der Waals surface area contributed by atoms with E-state index in [-0.39, 0.29) is 37.9 Å². The van der Waals surface area contributed by atoms with Crippen molar-refractivity contribution < 1.29 is 17.6 Å². The van der Waals surface area contributed by atoms with Crippen molar-refractivity contribution in [2.75, 3.05) is 5.73 Å². The Labute approximate surface area is 182 Å². The van der Waals surface area contributed by atoms with E-state index in [1.165, 1.54) is 24.3 Å². The number of nitrogen functional groups attached to an aromatic ring is 1. The number of ketones is 1. The predicted octanol–water partition coefficient (Wildman–Crippen LogP) is 3.89. The molecule has 10 heteroatoms. The predicted molar refractivity (Wildman–Crippen MR) is 115 cm³/mol. The van der Waals surface area contributed by atoms with Crippen LogP contribution in [-0.2, 0) is 10.0 Å². The number of hydrogen-bond donors (Lipinski definition) is 1. The molecule has 0 bridgehead atoms. The second-order valence-electron chi connectivity index (χ2n) is 7.02. The molecule has 0 radical (unpaired) electrons. The summed E-state index contributed by atoms with van der Waals surface area (Å²) < 4.78 is 41.5. The maximum atomic E-state index is 14.7. The number of nitrogens with two attached hydrogens (primary N) is 1. The zero-order valence-corrected chi connectivity index (χ0v) is 18.0. The van der Waals surface area contributed by atoms with Crippen LogP contribution >= 0.6 is 11.6 Å². The molecule has 0 aliphatic rings. The first-order valence-corrected chi connectivity index (χ1v) is 10.9. The van der Waals surface area contributed by atoms with Crippen LogP contribution in [-0.4, -0.2) is 28.4 Å². The molecule has 2 heterocycles. The van der Waals surface area contributed by atoms with Crippen molar-refractivity contribution in [3.05, 3.63) is 82.0 Å². The number of nitrogens with zero attached hydrogens (tertiary/aromatic N) is 3. The topological polar surface area (TPSA) is 108 Å². The van der Waals surface area contributed by atoms with Gasteiger partial charge in [-0.25, -0.2) is 9.37 Å². The fourth-order valence-electron chi connectivity index (χ4n) is 3.21. The van der Waals surface area contributed by atoms with Crippen molar-refractivity contribution >= 4 is 44.0 Å². The Kier molecular flexibility index (Phi) is 5.03. The number of rotatable bonds is 4. The third-order valence-corrected chi connectivity index (χ3v) is 6.68. The monoisotopic (exact) mass is 458 g/mol. The van der Waals surface area contributed by atoms with Gasteiger partial charge in [-0.3, -0.25) is 4.79 Å². The molecular formula is C21H16ClFN4O3S. The first-order chi connectivity index (χ1) is 14.6. The highest BCUT2D eigenvalue weighted by Crippen LogP contribution is 2.29. The minimum absolute atomic E-state index is 0.00243. The summed E-state index contributed by atoms with van der Waals surface area (Å²) in [6.07, 6.45) is 1.13. The van der Waals surface area contributed by atoms with Gasteiger partial charge in [-0.1, -0.05) is 29.3 Å². The molecule has 2 aromatic heterocycles. The fourth-order valence-corrected chi connectivity index (χ4v) is 4.73. The lowest BCUT2D eigenvalue weighted by atomic mass is 10.0. The number of benzene rings is 2. The summed E-state index contributed by atoms with van der Waals surface area (Å²) in [6, 6.07) is 9.82.